The Kier molecular flexibility index (Phi) is 3.88. The molecule has 0 radical (unpaired) electrons. The van der Waals surface area contributed by atoms with Crippen LogP contribution in [-0.2, 0) is 0 Å². The first-order valence-corrected chi connectivity index (χ1v) is 5.72. The molecule has 8 heteroatoms. The number of methoxy groups -OCH3 is 1. The molecule has 0 spiro atoms. The van der Waals surface area contributed by atoms with Gasteiger partial charge in [0.15, 0.2) is 0 Å². The molecule has 0 saturated heterocycles. The number of nitrogens with two attached hydrogens (primary N) is 2. The molecule has 2 aromatic rings. The van der Waals surface area contributed by atoms with Crippen molar-refractivity contribution < 1.29 is 4.74 Å². The van der Waals surface area contributed by atoms with Crippen LogP contribution in [-0.4, -0.2) is 17.1 Å². The van der Waals surface area contributed by atoms with Crippen molar-refractivity contribution in [3.8, 4) is 5.75 Å². The molecule has 0 unspecified atom stereocenters. The molecule has 7 nitrogen and oxygen atoms in total. The van der Waals surface area contributed by atoms with Crippen LogP contribution in [0.4, 0.5) is 23.3 Å². The lowest BCUT2D eigenvalue weighted by Crippen LogP contribution is -2.11. The van der Waals surface area contributed by atoms with Crippen LogP contribution in [0.2, 0.25) is 5.02 Å². The lowest BCUT2D eigenvalue weighted by molar-refractivity contribution is 0.415. The first-order chi connectivity index (χ1) is 9.12. The second-order valence-electron chi connectivity index (χ2n) is 3.61. The lowest BCUT2D eigenvalue weighted by Gasteiger charge is -2.10. The lowest BCUT2D eigenvalue weighted by atomic mass is 10.3. The third-order valence-corrected chi connectivity index (χ3v) is 2.66. The maximum absolute atomic E-state index is 6.08. The van der Waals surface area contributed by atoms with Crippen LogP contribution in [0, 0.1) is 0 Å². The number of nitrogens with zero attached hydrogens (tertiary/aromatic N) is 2. The molecule has 0 amide bonds. The van der Waals surface area contributed by atoms with Crippen molar-refractivity contribution in [3.63, 3.8) is 0 Å². The molecule has 100 valence electrons. The Labute approximate surface area is 114 Å². The summed E-state index contributed by atoms with van der Waals surface area (Å²) in [6, 6.07) is 6.83. The zero-order valence-corrected chi connectivity index (χ0v) is 10.9. The Morgan fingerprint density at radius 1 is 1.21 bits per heavy atom. The molecule has 6 N–H and O–H groups in total. The van der Waals surface area contributed by atoms with Gasteiger partial charge in [-0.2, -0.15) is 9.97 Å². The van der Waals surface area contributed by atoms with Crippen LogP contribution < -0.4 is 27.1 Å². The standard InChI is InChI=1S/C11H13ClN6O/c1-19-6-2-3-7(12)8(4-6)15-9-5-10(18-14)17-11(13)16-9/h2-5H,14H2,1H3,(H4,13,15,16,17,18). The van der Waals surface area contributed by atoms with E-state index in [0.29, 0.717) is 28.1 Å². The van der Waals surface area contributed by atoms with E-state index in [1.54, 1.807) is 31.4 Å². The summed E-state index contributed by atoms with van der Waals surface area (Å²) in [5, 5.41) is 3.55. The summed E-state index contributed by atoms with van der Waals surface area (Å²) in [4.78, 5) is 7.92. The van der Waals surface area contributed by atoms with Gasteiger partial charge >= 0.3 is 0 Å². The zero-order valence-electron chi connectivity index (χ0n) is 10.1. The largest absolute Gasteiger partial charge is 0.497 e. The first kappa shape index (κ1) is 13.2. The van der Waals surface area contributed by atoms with E-state index < -0.39 is 0 Å². The van der Waals surface area contributed by atoms with Crippen LogP contribution >= 0.6 is 11.6 Å². The van der Waals surface area contributed by atoms with E-state index in [1.165, 1.54) is 0 Å². The summed E-state index contributed by atoms with van der Waals surface area (Å²) < 4.78 is 5.13. The quantitative estimate of drug-likeness (QED) is 0.499. The molecule has 0 fully saturated rings. The van der Waals surface area contributed by atoms with Gasteiger partial charge in [0.1, 0.15) is 17.4 Å². The number of benzene rings is 1. The van der Waals surface area contributed by atoms with Gasteiger partial charge in [0.05, 0.1) is 17.8 Å². The second-order valence-corrected chi connectivity index (χ2v) is 4.02. The molecule has 2 rings (SSSR count). The van der Waals surface area contributed by atoms with E-state index in [9.17, 15) is 0 Å². The third-order valence-electron chi connectivity index (χ3n) is 2.33. The summed E-state index contributed by atoms with van der Waals surface area (Å²) in [5.41, 5.74) is 8.61. The summed E-state index contributed by atoms with van der Waals surface area (Å²) in [6.07, 6.45) is 0. The Morgan fingerprint density at radius 2 is 1.95 bits per heavy atom. The number of halogens is 1. The molecule has 0 saturated carbocycles. The van der Waals surface area contributed by atoms with Crippen LogP contribution in [0.15, 0.2) is 24.3 Å². The van der Waals surface area contributed by atoms with Crippen molar-refractivity contribution in [3.05, 3.63) is 29.3 Å². The highest BCUT2D eigenvalue weighted by atomic mass is 35.5. The van der Waals surface area contributed by atoms with Gasteiger partial charge in [0, 0.05) is 12.1 Å². The molecular weight excluding hydrogens is 268 g/mol. The van der Waals surface area contributed by atoms with Gasteiger partial charge in [-0.1, -0.05) is 11.6 Å². The smallest absolute Gasteiger partial charge is 0.223 e. The predicted molar refractivity (Wildman–Crippen MR) is 75.5 cm³/mol. The number of anilines is 4. The van der Waals surface area contributed by atoms with Crippen molar-refractivity contribution in [2.45, 2.75) is 0 Å². The van der Waals surface area contributed by atoms with E-state index >= 15 is 0 Å². The normalized spacial score (nSPS) is 10.1. The molecule has 0 atom stereocenters. The van der Waals surface area contributed by atoms with Crippen molar-refractivity contribution >= 4 is 34.9 Å². The molecule has 19 heavy (non-hydrogen) atoms. The van der Waals surface area contributed by atoms with Gasteiger partial charge in [0.2, 0.25) is 5.95 Å². The van der Waals surface area contributed by atoms with E-state index in [4.69, 9.17) is 27.9 Å². The number of rotatable bonds is 4. The summed E-state index contributed by atoms with van der Waals surface area (Å²) >= 11 is 6.08. The average molecular weight is 281 g/mol. The van der Waals surface area contributed by atoms with Crippen molar-refractivity contribution in [1.29, 1.82) is 0 Å². The minimum absolute atomic E-state index is 0.0944. The predicted octanol–water partition coefficient (Wildman–Crippen LogP) is 1.75. The van der Waals surface area contributed by atoms with Gasteiger partial charge in [0.25, 0.3) is 0 Å². The van der Waals surface area contributed by atoms with Crippen molar-refractivity contribution in [2.75, 3.05) is 23.6 Å². The highest BCUT2D eigenvalue weighted by molar-refractivity contribution is 6.33. The fourth-order valence-electron chi connectivity index (χ4n) is 1.47. The molecule has 1 aromatic heterocycles. The molecule has 0 bridgehead atoms. The fraction of sp³-hybridized carbons (Fsp3) is 0.0909. The summed E-state index contributed by atoms with van der Waals surface area (Å²) in [5.74, 6) is 6.92. The zero-order chi connectivity index (χ0) is 13.8. The number of hydrogen-bond donors (Lipinski definition) is 4. The van der Waals surface area contributed by atoms with E-state index in [1.807, 2.05) is 0 Å². The maximum Gasteiger partial charge on any atom is 0.223 e. The molecule has 0 aliphatic carbocycles. The van der Waals surface area contributed by atoms with E-state index in [0.717, 1.165) is 0 Å². The third kappa shape index (κ3) is 3.15. The number of nitrogen functional groups attached to an aromatic ring is 2. The Hall–Kier alpha value is -2.25. The average Bonchev–Trinajstić information content (AvgIpc) is 2.40. The molecule has 0 aliphatic rings. The molecule has 0 aliphatic heterocycles. The number of aromatic nitrogens is 2. The molecule has 1 aromatic carbocycles. The van der Waals surface area contributed by atoms with E-state index in [-0.39, 0.29) is 5.95 Å². The summed E-state index contributed by atoms with van der Waals surface area (Å²) in [7, 11) is 1.58. The van der Waals surface area contributed by atoms with Gasteiger partial charge in [-0.15, -0.1) is 0 Å². The minimum Gasteiger partial charge on any atom is -0.497 e. The Balaban J connectivity index is 2.32. The van der Waals surface area contributed by atoms with E-state index in [2.05, 4.69) is 20.7 Å². The first-order valence-electron chi connectivity index (χ1n) is 5.34. The number of ether oxygens (including phenoxy) is 1. The monoisotopic (exact) mass is 280 g/mol. The molecule has 1 heterocycles. The van der Waals surface area contributed by atoms with Crippen molar-refractivity contribution in [2.24, 2.45) is 5.84 Å². The minimum atomic E-state index is 0.0944. The topological polar surface area (TPSA) is 111 Å². The molecular formula is C11H13ClN6O. The number of hydrogen-bond acceptors (Lipinski definition) is 7. The van der Waals surface area contributed by atoms with Crippen LogP contribution in [0.3, 0.4) is 0 Å². The highest BCUT2D eigenvalue weighted by Gasteiger charge is 2.06. The summed E-state index contributed by atoms with van der Waals surface area (Å²) in [6.45, 7) is 0. The van der Waals surface area contributed by atoms with Crippen LogP contribution in [0.5, 0.6) is 5.75 Å². The van der Waals surface area contributed by atoms with Gasteiger partial charge in [-0.3, -0.25) is 0 Å². The number of hydrazine groups is 1. The second kappa shape index (κ2) is 5.59. The Bertz CT molecular complexity index is 591. The van der Waals surface area contributed by atoms with Crippen LogP contribution in [0.1, 0.15) is 0 Å². The fourth-order valence-corrected chi connectivity index (χ4v) is 1.63. The van der Waals surface area contributed by atoms with Crippen molar-refractivity contribution in [1.82, 2.24) is 9.97 Å². The Morgan fingerprint density at radius 3 is 2.63 bits per heavy atom. The SMILES string of the molecule is COc1ccc(Cl)c(Nc2cc(NN)nc(N)n2)c1. The van der Waals surface area contributed by atoms with Gasteiger partial charge in [-0.25, -0.2) is 5.84 Å². The maximum atomic E-state index is 6.08. The highest BCUT2D eigenvalue weighted by Crippen LogP contribution is 2.29. The van der Waals surface area contributed by atoms with Crippen LogP contribution in [0.25, 0.3) is 0 Å². The van der Waals surface area contributed by atoms with Gasteiger partial charge < -0.3 is 21.2 Å². The number of nitrogens with one attached hydrogen (secondary N) is 2. The van der Waals surface area contributed by atoms with Gasteiger partial charge in [-0.05, 0) is 12.1 Å².